The molecule has 0 saturated carbocycles. The third kappa shape index (κ3) is 7.67. The molecule has 2 aromatic carbocycles. The summed E-state index contributed by atoms with van der Waals surface area (Å²) in [5.41, 5.74) is 1.72. The van der Waals surface area contributed by atoms with E-state index in [1.165, 1.54) is 23.5 Å². The number of hydrogen-bond acceptors (Lipinski definition) is 8. The number of ether oxygens (including phenoxy) is 3. The van der Waals surface area contributed by atoms with Gasteiger partial charge in [0.15, 0.2) is 5.76 Å². The van der Waals surface area contributed by atoms with Crippen LogP contribution >= 0.6 is 0 Å². The molecule has 0 unspecified atom stereocenters. The van der Waals surface area contributed by atoms with Gasteiger partial charge in [0.05, 0.1) is 25.2 Å². The summed E-state index contributed by atoms with van der Waals surface area (Å²) in [5, 5.41) is 9.55. The smallest absolute Gasteiger partial charge is 0.288 e. The van der Waals surface area contributed by atoms with Crippen LogP contribution in [0.25, 0.3) is 0 Å². The summed E-state index contributed by atoms with van der Waals surface area (Å²) in [6, 6.07) is 13.6. The maximum Gasteiger partial charge on any atom is 0.288 e. The molecular weight excluding hydrogens is 546 g/mol. The Labute approximate surface area is 242 Å². The van der Waals surface area contributed by atoms with E-state index in [4.69, 9.17) is 20.6 Å². The van der Waals surface area contributed by atoms with Gasteiger partial charge in [-0.15, -0.1) is 6.42 Å². The highest BCUT2D eigenvalue weighted by Crippen LogP contribution is 2.32. The number of likely N-dealkylation sites (N-methyl/N-ethyl adjacent to an activating group) is 1. The normalized spacial score (nSPS) is 19.8. The zero-order valence-corrected chi connectivity index (χ0v) is 24.3. The van der Waals surface area contributed by atoms with Crippen LogP contribution in [0.1, 0.15) is 23.5 Å². The Kier molecular flexibility index (Phi) is 10.4. The van der Waals surface area contributed by atoms with Gasteiger partial charge in [-0.2, -0.15) is 4.31 Å². The van der Waals surface area contributed by atoms with Crippen molar-refractivity contribution < 1.29 is 32.5 Å². The lowest BCUT2D eigenvalue weighted by Crippen LogP contribution is -2.48. The average molecular weight is 584 g/mol. The Balaban J connectivity index is 1.47. The first-order valence-electron chi connectivity index (χ1n) is 13.5. The Bertz CT molecular complexity index is 1350. The number of carbonyl (C=O) groups excluding carboxylic acids is 1. The van der Waals surface area contributed by atoms with Gasteiger partial charge in [-0.1, -0.05) is 18.1 Å². The molecule has 10 nitrogen and oxygen atoms in total. The molecule has 2 aliphatic heterocycles. The Hall–Kier alpha value is -3.40. The van der Waals surface area contributed by atoms with Crippen LogP contribution in [0, 0.1) is 12.3 Å². The number of methoxy groups -OCH3 is 1. The highest BCUT2D eigenvalue weighted by atomic mass is 32.2. The first kappa shape index (κ1) is 30.6. The van der Waals surface area contributed by atoms with Gasteiger partial charge in [0.2, 0.25) is 16.3 Å². The summed E-state index contributed by atoms with van der Waals surface area (Å²) in [7, 11) is -0.367. The van der Waals surface area contributed by atoms with Crippen LogP contribution < -0.4 is 4.74 Å². The lowest BCUT2D eigenvalue weighted by atomic mass is 9.92. The summed E-state index contributed by atoms with van der Waals surface area (Å²) in [5.74, 6) is 3.01. The molecule has 2 aromatic rings. The number of amides is 1. The number of sulfonamides is 1. The van der Waals surface area contributed by atoms with Crippen molar-refractivity contribution in [1.29, 1.82) is 0 Å². The number of rotatable bonds is 11. The van der Waals surface area contributed by atoms with Gasteiger partial charge in [0.1, 0.15) is 5.75 Å². The molecule has 1 amide bonds. The SMILES string of the molecule is C#Cc1ccc([C@H]2C=C(C(=O)N3CCN(C)CC3)O[C@@H](OCCN(CCO)S(=O)(=O)c3ccc(OC)cc3)C2)cc1. The Morgan fingerprint density at radius 3 is 2.39 bits per heavy atom. The summed E-state index contributed by atoms with van der Waals surface area (Å²) in [6.07, 6.45) is 7.00. The number of carbonyl (C=O) groups is 1. The molecule has 1 N–H and O–H groups in total. The summed E-state index contributed by atoms with van der Waals surface area (Å²) in [4.78, 5) is 17.4. The maximum atomic E-state index is 13.4. The molecule has 0 aromatic heterocycles. The molecule has 4 rings (SSSR count). The standard InChI is InChI=1S/C30H37N3O7S/c1-4-23-5-7-24(8-6-23)25-21-28(30(35)32-15-13-31(2)14-16-32)40-29(22-25)39-20-18-33(17-19-34)41(36,37)27-11-9-26(38-3)10-12-27/h1,5-12,21,25,29,34H,13-20,22H2,2-3H3/t25-,29+/m0/s1. The van der Waals surface area contributed by atoms with Gasteiger partial charge >= 0.3 is 0 Å². The van der Waals surface area contributed by atoms with E-state index in [1.807, 2.05) is 37.4 Å². The highest BCUT2D eigenvalue weighted by Gasteiger charge is 2.32. The predicted octanol–water partition coefficient (Wildman–Crippen LogP) is 1.86. The van der Waals surface area contributed by atoms with E-state index in [9.17, 15) is 18.3 Å². The van der Waals surface area contributed by atoms with E-state index in [0.717, 1.165) is 24.2 Å². The molecule has 11 heteroatoms. The number of aliphatic hydroxyl groups is 1. The zero-order chi connectivity index (χ0) is 29.4. The number of terminal acetylenes is 1. The van der Waals surface area contributed by atoms with E-state index in [1.54, 1.807) is 17.0 Å². The van der Waals surface area contributed by atoms with Crippen molar-refractivity contribution in [2.75, 3.05) is 66.6 Å². The van der Waals surface area contributed by atoms with Crippen molar-refractivity contribution in [1.82, 2.24) is 14.1 Å². The molecule has 0 aliphatic carbocycles. The minimum absolute atomic E-state index is 0.00121. The first-order chi connectivity index (χ1) is 19.7. The van der Waals surface area contributed by atoms with E-state index < -0.39 is 16.3 Å². The van der Waals surface area contributed by atoms with Gasteiger partial charge in [-0.3, -0.25) is 4.79 Å². The molecule has 0 spiro atoms. The lowest BCUT2D eigenvalue weighted by molar-refractivity contribution is -0.153. The second kappa shape index (κ2) is 14.0. The summed E-state index contributed by atoms with van der Waals surface area (Å²) < 4.78 is 44.8. The van der Waals surface area contributed by atoms with Crippen LogP contribution in [0.3, 0.4) is 0 Å². The Morgan fingerprint density at radius 1 is 1.10 bits per heavy atom. The highest BCUT2D eigenvalue weighted by molar-refractivity contribution is 7.89. The predicted molar refractivity (Wildman–Crippen MR) is 154 cm³/mol. The molecule has 2 heterocycles. The third-order valence-corrected chi connectivity index (χ3v) is 9.17. The molecule has 1 saturated heterocycles. The largest absolute Gasteiger partial charge is 0.497 e. The number of hydrogen-bond donors (Lipinski definition) is 1. The van der Waals surface area contributed by atoms with Crippen LogP contribution in [-0.2, 0) is 24.3 Å². The van der Waals surface area contributed by atoms with Gasteiger partial charge in [-0.25, -0.2) is 8.42 Å². The van der Waals surface area contributed by atoms with Crippen molar-refractivity contribution in [3.05, 3.63) is 71.5 Å². The Morgan fingerprint density at radius 2 is 1.78 bits per heavy atom. The molecule has 0 bridgehead atoms. The van der Waals surface area contributed by atoms with Crippen LogP contribution in [0.2, 0.25) is 0 Å². The van der Waals surface area contributed by atoms with Crippen molar-refractivity contribution in [3.8, 4) is 18.1 Å². The number of nitrogens with zero attached hydrogens (tertiary/aromatic N) is 3. The fourth-order valence-corrected chi connectivity index (χ4v) is 6.20. The molecule has 2 aliphatic rings. The van der Waals surface area contributed by atoms with E-state index in [2.05, 4.69) is 10.8 Å². The topological polar surface area (TPSA) is 109 Å². The number of piperazine rings is 1. The third-order valence-electron chi connectivity index (χ3n) is 7.26. The van der Waals surface area contributed by atoms with Crippen molar-refractivity contribution in [2.24, 2.45) is 0 Å². The number of aliphatic hydroxyl groups excluding tert-OH is 1. The lowest BCUT2D eigenvalue weighted by Gasteiger charge is -2.35. The quantitative estimate of drug-likeness (QED) is 0.400. The molecule has 1 fully saturated rings. The van der Waals surface area contributed by atoms with Crippen LogP contribution in [0.5, 0.6) is 5.75 Å². The second-order valence-corrected chi connectivity index (χ2v) is 11.9. The minimum Gasteiger partial charge on any atom is -0.497 e. The van der Waals surface area contributed by atoms with E-state index >= 15 is 0 Å². The van der Waals surface area contributed by atoms with Crippen LogP contribution in [0.15, 0.2) is 65.3 Å². The van der Waals surface area contributed by atoms with Gasteiger partial charge in [-0.05, 0) is 55.1 Å². The van der Waals surface area contributed by atoms with Gasteiger partial charge < -0.3 is 29.1 Å². The number of benzene rings is 2. The minimum atomic E-state index is -3.89. The molecule has 0 radical (unpaired) electrons. The molecule has 2 atom stereocenters. The van der Waals surface area contributed by atoms with Gasteiger partial charge in [0, 0.05) is 57.2 Å². The molecular formula is C30H37N3O7S. The molecule has 220 valence electrons. The van der Waals surface area contributed by atoms with Crippen molar-refractivity contribution in [3.63, 3.8) is 0 Å². The average Bonchev–Trinajstić information content (AvgIpc) is 3.00. The van der Waals surface area contributed by atoms with Crippen LogP contribution in [0.4, 0.5) is 0 Å². The second-order valence-electron chi connectivity index (χ2n) is 9.96. The first-order valence-corrected chi connectivity index (χ1v) is 15.0. The van der Waals surface area contributed by atoms with E-state index in [-0.39, 0.29) is 48.8 Å². The summed E-state index contributed by atoms with van der Waals surface area (Å²) >= 11 is 0. The monoisotopic (exact) mass is 583 g/mol. The fourth-order valence-electron chi connectivity index (χ4n) is 4.78. The van der Waals surface area contributed by atoms with E-state index in [0.29, 0.717) is 25.3 Å². The zero-order valence-electron chi connectivity index (χ0n) is 23.4. The maximum absolute atomic E-state index is 13.4. The fraction of sp³-hybridized carbons (Fsp3) is 0.433. The molecule has 41 heavy (non-hydrogen) atoms. The van der Waals surface area contributed by atoms with Gasteiger partial charge in [0.25, 0.3) is 5.91 Å². The van der Waals surface area contributed by atoms with Crippen LogP contribution in [-0.4, -0.2) is 106 Å². The number of allylic oxidation sites excluding steroid dienone is 1. The van der Waals surface area contributed by atoms with Crippen molar-refractivity contribution >= 4 is 15.9 Å². The summed E-state index contributed by atoms with van der Waals surface area (Å²) in [6.45, 7) is 2.29. The van der Waals surface area contributed by atoms with Crippen molar-refractivity contribution in [2.45, 2.75) is 23.5 Å².